The van der Waals surface area contributed by atoms with Crippen molar-refractivity contribution in [3.8, 4) is 11.6 Å². The van der Waals surface area contributed by atoms with E-state index in [2.05, 4.69) is 10.3 Å². The Balaban J connectivity index is 1.74. The lowest BCUT2D eigenvalue weighted by molar-refractivity contribution is 0.0505. The molecule has 36 heavy (non-hydrogen) atoms. The van der Waals surface area contributed by atoms with Gasteiger partial charge in [0.2, 0.25) is 17.4 Å². The molecule has 0 radical (unpaired) electrons. The average molecular weight is 506 g/mol. The van der Waals surface area contributed by atoms with Crippen LogP contribution in [0.1, 0.15) is 45.0 Å². The van der Waals surface area contributed by atoms with Crippen LogP contribution in [-0.2, 0) is 11.3 Å². The van der Waals surface area contributed by atoms with Gasteiger partial charge in [-0.25, -0.2) is 9.48 Å². The maximum absolute atomic E-state index is 13.6. The van der Waals surface area contributed by atoms with Gasteiger partial charge in [0.15, 0.2) is 6.10 Å². The molecule has 0 saturated carbocycles. The highest BCUT2D eigenvalue weighted by Crippen LogP contribution is 2.29. The van der Waals surface area contributed by atoms with Crippen LogP contribution in [0.5, 0.6) is 11.6 Å². The summed E-state index contributed by atoms with van der Waals surface area (Å²) in [5.74, 6) is -0.275. The van der Waals surface area contributed by atoms with Crippen LogP contribution in [0.25, 0.3) is 0 Å². The van der Waals surface area contributed by atoms with Gasteiger partial charge in [-0.15, -0.1) is 5.10 Å². The van der Waals surface area contributed by atoms with Crippen molar-refractivity contribution in [2.75, 3.05) is 13.7 Å². The lowest BCUT2D eigenvalue weighted by Crippen LogP contribution is -2.22. The van der Waals surface area contributed by atoms with E-state index in [9.17, 15) is 9.59 Å². The van der Waals surface area contributed by atoms with Gasteiger partial charge >= 0.3 is 5.97 Å². The normalized spacial score (nSPS) is 11.5. The molecule has 1 heterocycles. The lowest BCUT2D eigenvalue weighted by atomic mass is 10.00. The summed E-state index contributed by atoms with van der Waals surface area (Å²) in [5, 5.41) is 8.65. The van der Waals surface area contributed by atoms with Crippen molar-refractivity contribution in [3.63, 3.8) is 0 Å². The molecule has 4 aromatic rings. The van der Waals surface area contributed by atoms with E-state index >= 15 is 0 Å². The number of ether oxygens (including phenoxy) is 3. The zero-order valence-corrected chi connectivity index (χ0v) is 20.5. The van der Waals surface area contributed by atoms with E-state index in [1.807, 2.05) is 30.3 Å². The molecule has 0 fully saturated rings. The van der Waals surface area contributed by atoms with Crippen LogP contribution >= 0.6 is 11.6 Å². The third-order valence-corrected chi connectivity index (χ3v) is 5.60. The minimum absolute atomic E-state index is 0.0282. The first kappa shape index (κ1) is 24.9. The summed E-state index contributed by atoms with van der Waals surface area (Å²) in [7, 11) is 1.59. The first-order valence-corrected chi connectivity index (χ1v) is 11.6. The zero-order valence-electron chi connectivity index (χ0n) is 19.8. The van der Waals surface area contributed by atoms with Crippen molar-refractivity contribution in [2.24, 2.45) is 0 Å². The number of methoxy groups -OCH3 is 1. The number of halogens is 1. The average Bonchev–Trinajstić information content (AvgIpc) is 3.30. The predicted molar refractivity (Wildman–Crippen MR) is 134 cm³/mol. The molecule has 1 unspecified atom stereocenters. The van der Waals surface area contributed by atoms with Crippen LogP contribution in [-0.4, -0.2) is 40.5 Å². The Morgan fingerprint density at radius 2 is 1.67 bits per heavy atom. The van der Waals surface area contributed by atoms with Crippen LogP contribution in [0.3, 0.4) is 0 Å². The Hall–Kier alpha value is -4.17. The van der Waals surface area contributed by atoms with E-state index in [-0.39, 0.29) is 30.5 Å². The van der Waals surface area contributed by atoms with Gasteiger partial charge in [0.25, 0.3) is 0 Å². The molecule has 3 aromatic carbocycles. The van der Waals surface area contributed by atoms with Crippen molar-refractivity contribution < 1.29 is 23.8 Å². The summed E-state index contributed by atoms with van der Waals surface area (Å²) in [6, 6.07) is 22.9. The highest BCUT2D eigenvalue weighted by Gasteiger charge is 2.30. The van der Waals surface area contributed by atoms with Crippen LogP contribution in [0.15, 0.2) is 78.9 Å². The third-order valence-electron chi connectivity index (χ3n) is 5.35. The van der Waals surface area contributed by atoms with Crippen molar-refractivity contribution >= 4 is 23.4 Å². The number of hydrogen-bond acceptors (Lipinski definition) is 7. The second-order valence-electron chi connectivity index (χ2n) is 7.75. The monoisotopic (exact) mass is 505 g/mol. The fourth-order valence-corrected chi connectivity index (χ4v) is 3.66. The van der Waals surface area contributed by atoms with Gasteiger partial charge < -0.3 is 14.2 Å². The molecule has 184 valence electrons. The zero-order chi connectivity index (χ0) is 25.5. The van der Waals surface area contributed by atoms with Crippen molar-refractivity contribution in [3.05, 3.63) is 106 Å². The molecule has 0 aliphatic carbocycles. The molecular weight excluding hydrogens is 482 g/mol. The molecule has 0 aliphatic heterocycles. The number of carbonyl (C=O) groups is 2. The molecular formula is C27H24ClN3O5. The minimum Gasteiger partial charge on any atom is -0.497 e. The highest BCUT2D eigenvalue weighted by molar-refractivity contribution is 6.30. The topological polar surface area (TPSA) is 92.5 Å². The maximum atomic E-state index is 13.6. The Bertz CT molecular complexity index is 1320. The number of benzene rings is 3. The fourth-order valence-electron chi connectivity index (χ4n) is 3.53. The second kappa shape index (κ2) is 11.5. The van der Waals surface area contributed by atoms with Gasteiger partial charge in [0, 0.05) is 16.1 Å². The van der Waals surface area contributed by atoms with Gasteiger partial charge in [-0.1, -0.05) is 59.3 Å². The fraction of sp³-hybridized carbons (Fsp3) is 0.185. The largest absolute Gasteiger partial charge is 0.497 e. The van der Waals surface area contributed by atoms with E-state index in [4.69, 9.17) is 25.8 Å². The number of Topliss-reactive ketones (excluding diaryl/α,β-unsaturated/α-hetero) is 1. The number of nitrogens with zero attached hydrogens (tertiary/aromatic N) is 3. The Morgan fingerprint density at radius 3 is 2.31 bits per heavy atom. The number of aromatic nitrogens is 3. The molecule has 1 aromatic heterocycles. The van der Waals surface area contributed by atoms with Gasteiger partial charge in [0.05, 0.1) is 20.3 Å². The molecule has 4 rings (SSSR count). The van der Waals surface area contributed by atoms with Crippen LogP contribution in [0, 0.1) is 0 Å². The van der Waals surface area contributed by atoms with Gasteiger partial charge in [0.1, 0.15) is 5.75 Å². The molecule has 9 heteroatoms. The first-order chi connectivity index (χ1) is 17.5. The first-order valence-electron chi connectivity index (χ1n) is 11.2. The summed E-state index contributed by atoms with van der Waals surface area (Å²) in [4.78, 5) is 26.3. The predicted octanol–water partition coefficient (Wildman–Crippen LogP) is 5.17. The molecule has 0 amide bonds. The molecule has 1 atom stereocenters. The number of carbonyl (C=O) groups excluding carboxylic acids is 2. The summed E-state index contributed by atoms with van der Waals surface area (Å²) in [6.07, 6.45) is -1.08. The molecule has 0 saturated heterocycles. The van der Waals surface area contributed by atoms with E-state index in [0.29, 0.717) is 21.9 Å². The standard InChI is InChI=1S/C27H24ClN3O5/c1-3-35-27(33)23-26(31(30-29-23)17-18-9-15-22(34-2)16-10-18)36-25(20-7-5-4-6-8-20)24(32)19-11-13-21(28)14-12-19/h4-16,25H,3,17H2,1-2H3. The number of esters is 1. The van der Waals surface area contributed by atoms with E-state index < -0.39 is 12.1 Å². The lowest BCUT2D eigenvalue weighted by Gasteiger charge is -2.19. The Labute approximate surface area is 213 Å². The van der Waals surface area contributed by atoms with E-state index in [0.717, 1.165) is 5.56 Å². The van der Waals surface area contributed by atoms with Crippen LogP contribution in [0.2, 0.25) is 5.02 Å². The number of hydrogen-bond donors (Lipinski definition) is 0. The summed E-state index contributed by atoms with van der Waals surface area (Å²) >= 11 is 6.01. The van der Waals surface area contributed by atoms with E-state index in [1.54, 1.807) is 62.6 Å². The molecule has 0 aliphatic rings. The van der Waals surface area contributed by atoms with Crippen LogP contribution < -0.4 is 9.47 Å². The molecule has 0 spiro atoms. The van der Waals surface area contributed by atoms with Gasteiger partial charge in [-0.2, -0.15) is 0 Å². The SMILES string of the molecule is CCOC(=O)c1nnn(Cc2ccc(OC)cc2)c1OC(C(=O)c1ccc(Cl)cc1)c1ccccc1. The molecule has 0 bridgehead atoms. The van der Waals surface area contributed by atoms with Crippen molar-refractivity contribution in [1.82, 2.24) is 15.0 Å². The second-order valence-corrected chi connectivity index (χ2v) is 8.19. The van der Waals surface area contributed by atoms with E-state index in [1.165, 1.54) is 4.68 Å². The highest BCUT2D eigenvalue weighted by atomic mass is 35.5. The van der Waals surface area contributed by atoms with Gasteiger partial charge in [-0.3, -0.25) is 4.79 Å². The Morgan fingerprint density at radius 1 is 0.972 bits per heavy atom. The summed E-state index contributed by atoms with van der Waals surface area (Å²) in [6.45, 7) is 2.08. The summed E-state index contributed by atoms with van der Waals surface area (Å²) in [5.41, 5.74) is 1.75. The van der Waals surface area contributed by atoms with Crippen molar-refractivity contribution in [2.45, 2.75) is 19.6 Å². The van der Waals surface area contributed by atoms with Crippen LogP contribution in [0.4, 0.5) is 0 Å². The smallest absolute Gasteiger partial charge is 0.364 e. The quantitative estimate of drug-likeness (QED) is 0.217. The summed E-state index contributed by atoms with van der Waals surface area (Å²) < 4.78 is 18.1. The number of ketones is 1. The third kappa shape index (κ3) is 5.72. The minimum atomic E-state index is -1.08. The molecule has 0 N–H and O–H groups in total. The van der Waals surface area contributed by atoms with Gasteiger partial charge in [-0.05, 0) is 48.9 Å². The maximum Gasteiger partial charge on any atom is 0.364 e. The van der Waals surface area contributed by atoms with Crippen molar-refractivity contribution in [1.29, 1.82) is 0 Å². The molecule has 8 nitrogen and oxygen atoms in total. The Kier molecular flexibility index (Phi) is 7.97. The number of rotatable bonds is 10.